The van der Waals surface area contributed by atoms with Crippen LogP contribution in [0.15, 0.2) is 23.9 Å². The summed E-state index contributed by atoms with van der Waals surface area (Å²) in [6.45, 7) is 9.13. The average molecular weight is 177 g/mol. The van der Waals surface area contributed by atoms with E-state index >= 15 is 0 Å². The van der Waals surface area contributed by atoms with Gasteiger partial charge in [0.15, 0.2) is 0 Å². The molecule has 0 unspecified atom stereocenters. The molecule has 13 heavy (non-hydrogen) atoms. The molecule has 0 radical (unpaired) electrons. The Morgan fingerprint density at radius 1 is 1.54 bits per heavy atom. The van der Waals surface area contributed by atoms with Crippen molar-refractivity contribution in [3.8, 4) is 6.07 Å². The normalized spacial score (nSPS) is 12.8. The van der Waals surface area contributed by atoms with Gasteiger partial charge in [-0.3, -0.25) is 5.41 Å². The number of hydrogen-bond donors (Lipinski definition) is 2. The molecule has 0 aliphatic heterocycles. The first kappa shape index (κ1) is 11.4. The maximum absolute atomic E-state index is 8.78. The van der Waals surface area contributed by atoms with Crippen LogP contribution in [0.2, 0.25) is 0 Å². The summed E-state index contributed by atoms with van der Waals surface area (Å²) in [6, 6.07) is 1.92. The third-order valence-corrected chi connectivity index (χ3v) is 1.66. The van der Waals surface area contributed by atoms with Crippen molar-refractivity contribution in [2.24, 2.45) is 11.1 Å². The second kappa shape index (κ2) is 3.90. The van der Waals surface area contributed by atoms with Crippen LogP contribution in [0.3, 0.4) is 0 Å². The van der Waals surface area contributed by atoms with E-state index in [-0.39, 0.29) is 16.7 Å². The highest BCUT2D eigenvalue weighted by Crippen LogP contribution is 2.23. The molecule has 0 saturated carbocycles. The number of nitriles is 1. The Kier molecular flexibility index (Phi) is 3.43. The lowest BCUT2D eigenvalue weighted by molar-refractivity contribution is 0.496. The van der Waals surface area contributed by atoms with Crippen LogP contribution in [0.4, 0.5) is 0 Å². The molecule has 0 aromatic carbocycles. The highest BCUT2D eigenvalue weighted by atomic mass is 14.6. The van der Waals surface area contributed by atoms with Crippen molar-refractivity contribution < 1.29 is 0 Å². The first-order valence-corrected chi connectivity index (χ1v) is 3.96. The van der Waals surface area contributed by atoms with E-state index in [2.05, 4.69) is 6.58 Å². The fraction of sp³-hybridized carbons (Fsp3) is 0.400. The minimum Gasteiger partial charge on any atom is -0.400 e. The van der Waals surface area contributed by atoms with Crippen molar-refractivity contribution in [1.82, 2.24) is 0 Å². The van der Waals surface area contributed by atoms with Crippen LogP contribution in [0.25, 0.3) is 0 Å². The molecule has 0 amide bonds. The molecular formula is C10H15N3. The van der Waals surface area contributed by atoms with E-state index in [1.54, 1.807) is 0 Å². The summed E-state index contributed by atoms with van der Waals surface area (Å²) >= 11 is 0. The molecule has 70 valence electrons. The van der Waals surface area contributed by atoms with Gasteiger partial charge in [-0.05, 0) is 6.08 Å². The van der Waals surface area contributed by atoms with E-state index in [0.717, 1.165) is 0 Å². The Balaban J connectivity index is 5.30. The van der Waals surface area contributed by atoms with Crippen LogP contribution in [0.1, 0.15) is 20.8 Å². The van der Waals surface area contributed by atoms with Gasteiger partial charge in [-0.25, -0.2) is 0 Å². The number of nitrogens with two attached hydrogens (primary N) is 1. The number of nitrogens with zero attached hydrogens (tertiary/aromatic N) is 1. The monoisotopic (exact) mass is 177 g/mol. The molecule has 3 N–H and O–H groups in total. The highest BCUT2D eigenvalue weighted by molar-refractivity contribution is 6.09. The maximum atomic E-state index is 8.78. The standard InChI is InChI=1S/C10H15N3/c1-5-8(12)7(6-11)9(13)10(2,3)4/h5,12H,1,13H2,2-4H3. The van der Waals surface area contributed by atoms with Gasteiger partial charge in [0, 0.05) is 11.1 Å². The zero-order chi connectivity index (χ0) is 10.6. The summed E-state index contributed by atoms with van der Waals surface area (Å²) < 4.78 is 0. The summed E-state index contributed by atoms with van der Waals surface area (Å²) in [5, 5.41) is 16.2. The fourth-order valence-corrected chi connectivity index (χ4v) is 0.743. The first-order valence-electron chi connectivity index (χ1n) is 3.96. The SMILES string of the molecule is C=CC(=N)C(C#N)=C(N)C(C)(C)C. The number of nitrogens with one attached hydrogen (secondary N) is 1. The van der Waals surface area contributed by atoms with Gasteiger partial charge in [0.25, 0.3) is 0 Å². The second-order valence-electron chi connectivity index (χ2n) is 3.77. The Morgan fingerprint density at radius 2 is 2.00 bits per heavy atom. The van der Waals surface area contributed by atoms with Crippen molar-refractivity contribution in [2.45, 2.75) is 20.8 Å². The average Bonchev–Trinajstić information content (AvgIpc) is 2.03. The Hall–Kier alpha value is -1.56. The van der Waals surface area contributed by atoms with Crippen molar-refractivity contribution >= 4 is 5.71 Å². The van der Waals surface area contributed by atoms with Crippen LogP contribution < -0.4 is 5.73 Å². The molecule has 0 saturated heterocycles. The quantitative estimate of drug-likeness (QED) is 0.500. The molecule has 0 rings (SSSR count). The van der Waals surface area contributed by atoms with Gasteiger partial charge in [-0.2, -0.15) is 5.26 Å². The van der Waals surface area contributed by atoms with Crippen molar-refractivity contribution in [2.75, 3.05) is 0 Å². The predicted molar refractivity (Wildman–Crippen MR) is 54.2 cm³/mol. The van der Waals surface area contributed by atoms with Crippen LogP contribution in [0.5, 0.6) is 0 Å². The van der Waals surface area contributed by atoms with E-state index in [1.165, 1.54) is 6.08 Å². The van der Waals surface area contributed by atoms with Gasteiger partial charge < -0.3 is 5.73 Å². The molecule has 0 spiro atoms. The van der Waals surface area contributed by atoms with Gasteiger partial charge >= 0.3 is 0 Å². The third-order valence-electron chi connectivity index (χ3n) is 1.66. The molecule has 3 heteroatoms. The molecule has 0 fully saturated rings. The summed E-state index contributed by atoms with van der Waals surface area (Å²) in [4.78, 5) is 0. The molecule has 0 bridgehead atoms. The van der Waals surface area contributed by atoms with Crippen LogP contribution in [-0.2, 0) is 0 Å². The zero-order valence-corrected chi connectivity index (χ0v) is 8.31. The van der Waals surface area contributed by atoms with Crippen LogP contribution in [0, 0.1) is 22.2 Å². The minimum absolute atomic E-state index is 0.0786. The van der Waals surface area contributed by atoms with Crippen LogP contribution >= 0.6 is 0 Å². The zero-order valence-electron chi connectivity index (χ0n) is 8.31. The maximum Gasteiger partial charge on any atom is 0.103 e. The number of hydrogen-bond acceptors (Lipinski definition) is 3. The molecule has 0 atom stereocenters. The summed E-state index contributed by atoms with van der Waals surface area (Å²) in [5.41, 5.74) is 6.18. The Bertz CT molecular complexity index is 297. The molecule has 3 nitrogen and oxygen atoms in total. The smallest absolute Gasteiger partial charge is 0.103 e. The summed E-state index contributed by atoms with van der Waals surface area (Å²) in [7, 11) is 0. The second-order valence-corrected chi connectivity index (χ2v) is 3.77. The van der Waals surface area contributed by atoms with Gasteiger partial charge in [0.2, 0.25) is 0 Å². The summed E-state index contributed by atoms with van der Waals surface area (Å²) in [5.74, 6) is 0. The third kappa shape index (κ3) is 2.75. The van der Waals surface area contributed by atoms with Crippen molar-refractivity contribution in [3.05, 3.63) is 23.9 Å². The summed E-state index contributed by atoms with van der Waals surface area (Å²) in [6.07, 6.45) is 1.32. The molecule has 0 aromatic heterocycles. The van der Waals surface area contributed by atoms with E-state index in [0.29, 0.717) is 5.70 Å². The lowest BCUT2D eigenvalue weighted by Gasteiger charge is -2.20. The highest BCUT2D eigenvalue weighted by Gasteiger charge is 2.19. The lowest BCUT2D eigenvalue weighted by Crippen LogP contribution is -2.21. The van der Waals surface area contributed by atoms with Crippen LogP contribution in [-0.4, -0.2) is 5.71 Å². The van der Waals surface area contributed by atoms with E-state index in [1.807, 2.05) is 26.8 Å². The molecule has 0 heterocycles. The van der Waals surface area contributed by atoms with Gasteiger partial charge in [0.1, 0.15) is 6.07 Å². The lowest BCUT2D eigenvalue weighted by atomic mass is 9.88. The van der Waals surface area contributed by atoms with E-state index < -0.39 is 0 Å². The predicted octanol–water partition coefficient (Wildman–Crippen LogP) is 1.97. The molecular weight excluding hydrogens is 162 g/mol. The minimum atomic E-state index is -0.291. The number of allylic oxidation sites excluding steroid dienone is 3. The van der Waals surface area contributed by atoms with Crippen molar-refractivity contribution in [1.29, 1.82) is 10.7 Å². The van der Waals surface area contributed by atoms with Gasteiger partial charge in [0.05, 0.1) is 11.3 Å². The van der Waals surface area contributed by atoms with Gasteiger partial charge in [-0.1, -0.05) is 27.4 Å². The largest absolute Gasteiger partial charge is 0.400 e. The molecule has 0 aliphatic carbocycles. The number of rotatable bonds is 2. The first-order chi connectivity index (χ1) is 5.84. The van der Waals surface area contributed by atoms with E-state index in [4.69, 9.17) is 16.4 Å². The molecule has 0 aliphatic rings. The molecule has 0 aromatic rings. The fourth-order valence-electron chi connectivity index (χ4n) is 0.743. The van der Waals surface area contributed by atoms with Crippen molar-refractivity contribution in [3.63, 3.8) is 0 Å². The van der Waals surface area contributed by atoms with E-state index in [9.17, 15) is 0 Å². The Morgan fingerprint density at radius 3 is 2.23 bits per heavy atom. The van der Waals surface area contributed by atoms with Gasteiger partial charge in [-0.15, -0.1) is 0 Å². The Labute approximate surface area is 79.1 Å². The topological polar surface area (TPSA) is 73.7 Å².